The van der Waals surface area contributed by atoms with Crippen molar-refractivity contribution < 1.29 is 4.79 Å². The lowest BCUT2D eigenvalue weighted by Crippen LogP contribution is -2.38. The SMILES string of the molecule is C/C(N)=C1\CC2C(C=O)N=CN2c2ccccc2N1N.CN. The minimum Gasteiger partial charge on any atom is -0.401 e. The molecule has 0 fully saturated rings. The van der Waals surface area contributed by atoms with Gasteiger partial charge < -0.3 is 21.2 Å². The Morgan fingerprint density at radius 1 is 1.32 bits per heavy atom. The molecule has 2 atom stereocenters. The van der Waals surface area contributed by atoms with E-state index in [0.717, 1.165) is 23.4 Å². The lowest BCUT2D eigenvalue weighted by molar-refractivity contribution is -0.109. The van der Waals surface area contributed by atoms with Gasteiger partial charge in [-0.2, -0.15) is 0 Å². The van der Waals surface area contributed by atoms with Crippen molar-refractivity contribution in [3.63, 3.8) is 0 Å². The van der Waals surface area contributed by atoms with Gasteiger partial charge in [0.2, 0.25) is 0 Å². The van der Waals surface area contributed by atoms with Gasteiger partial charge in [0.25, 0.3) is 0 Å². The Kier molecular flexibility index (Phi) is 4.79. The zero-order chi connectivity index (χ0) is 16.3. The van der Waals surface area contributed by atoms with Crippen LogP contribution < -0.4 is 27.2 Å². The molecule has 1 aromatic carbocycles. The third-order valence-corrected chi connectivity index (χ3v) is 3.82. The van der Waals surface area contributed by atoms with Crippen molar-refractivity contribution in [3.05, 3.63) is 35.7 Å². The molecule has 2 aliphatic heterocycles. The third-order valence-electron chi connectivity index (χ3n) is 3.82. The number of para-hydroxylation sites is 2. The average molecular weight is 302 g/mol. The minimum absolute atomic E-state index is 0.0734. The van der Waals surface area contributed by atoms with Gasteiger partial charge in [0.1, 0.15) is 12.3 Å². The number of benzene rings is 1. The van der Waals surface area contributed by atoms with E-state index in [9.17, 15) is 4.79 Å². The smallest absolute Gasteiger partial charge is 0.146 e. The number of allylic oxidation sites excluding steroid dienone is 1. The molecule has 0 radical (unpaired) electrons. The predicted octanol–water partition coefficient (Wildman–Crippen LogP) is 0.320. The molecular weight excluding hydrogens is 280 g/mol. The first-order chi connectivity index (χ1) is 10.6. The number of aliphatic imine (C=N–C) groups is 1. The van der Waals surface area contributed by atoms with Crippen molar-refractivity contribution in [3.8, 4) is 0 Å². The molecule has 0 saturated carbocycles. The second-order valence-corrected chi connectivity index (χ2v) is 5.06. The van der Waals surface area contributed by atoms with Crippen molar-refractivity contribution in [2.45, 2.75) is 25.4 Å². The fraction of sp³-hybridized carbons (Fsp3) is 0.333. The maximum absolute atomic E-state index is 11.2. The molecule has 0 spiro atoms. The van der Waals surface area contributed by atoms with Crippen LogP contribution in [0, 0.1) is 0 Å². The lowest BCUT2D eigenvalue weighted by atomic mass is 10.0. The molecule has 1 aromatic rings. The third kappa shape index (κ3) is 2.56. The van der Waals surface area contributed by atoms with E-state index in [1.54, 1.807) is 11.3 Å². The van der Waals surface area contributed by atoms with Crippen molar-refractivity contribution in [2.24, 2.45) is 22.3 Å². The molecule has 7 heteroatoms. The number of nitrogens with two attached hydrogens (primary N) is 3. The summed E-state index contributed by atoms with van der Waals surface area (Å²) in [5.74, 6) is 6.22. The van der Waals surface area contributed by atoms with Crippen LogP contribution in [0.4, 0.5) is 11.4 Å². The van der Waals surface area contributed by atoms with Crippen molar-refractivity contribution >= 4 is 24.0 Å². The van der Waals surface area contributed by atoms with Crippen LogP contribution in [-0.4, -0.2) is 31.8 Å². The van der Waals surface area contributed by atoms with E-state index in [2.05, 4.69) is 10.7 Å². The summed E-state index contributed by atoms with van der Waals surface area (Å²) < 4.78 is 0. The van der Waals surface area contributed by atoms with Gasteiger partial charge in [-0.3, -0.25) is 10.0 Å². The first kappa shape index (κ1) is 16.0. The van der Waals surface area contributed by atoms with Crippen LogP contribution in [0.25, 0.3) is 0 Å². The standard InChI is InChI=1S/C14H17N5O.CH5N/c1-9(15)13-6-14-10(7-20)17-8-18(14)11-4-2-3-5-12(11)19(13)16;1-2/h2-5,7-8,10,14H,6,15-16H2,1H3;2H2,1H3/b13-9-;. The topological polar surface area (TPSA) is 114 Å². The van der Waals surface area contributed by atoms with E-state index in [0.29, 0.717) is 12.1 Å². The van der Waals surface area contributed by atoms with E-state index >= 15 is 0 Å². The number of hydrazine groups is 1. The Balaban J connectivity index is 0.000000847. The lowest BCUT2D eigenvalue weighted by Gasteiger charge is -2.24. The van der Waals surface area contributed by atoms with Gasteiger partial charge >= 0.3 is 0 Å². The Morgan fingerprint density at radius 3 is 2.55 bits per heavy atom. The molecule has 0 aromatic heterocycles. The molecule has 0 saturated heterocycles. The molecule has 0 aliphatic carbocycles. The summed E-state index contributed by atoms with van der Waals surface area (Å²) in [5.41, 5.74) is 13.7. The molecule has 0 bridgehead atoms. The number of hydrogen-bond donors (Lipinski definition) is 3. The fourth-order valence-corrected chi connectivity index (χ4v) is 2.76. The maximum atomic E-state index is 11.2. The number of rotatable bonds is 1. The van der Waals surface area contributed by atoms with Gasteiger partial charge in [0, 0.05) is 12.1 Å². The molecule has 2 aliphatic rings. The van der Waals surface area contributed by atoms with Crippen LogP contribution in [0.1, 0.15) is 13.3 Å². The van der Waals surface area contributed by atoms with Crippen LogP contribution in [0.15, 0.2) is 40.7 Å². The van der Waals surface area contributed by atoms with Gasteiger partial charge in [-0.15, -0.1) is 0 Å². The van der Waals surface area contributed by atoms with E-state index < -0.39 is 0 Å². The summed E-state index contributed by atoms with van der Waals surface area (Å²) in [4.78, 5) is 17.5. The van der Waals surface area contributed by atoms with Crippen molar-refractivity contribution in [1.82, 2.24) is 0 Å². The maximum Gasteiger partial charge on any atom is 0.146 e. The number of hydrogen-bond acceptors (Lipinski definition) is 7. The Morgan fingerprint density at radius 2 is 1.95 bits per heavy atom. The monoisotopic (exact) mass is 302 g/mol. The molecule has 118 valence electrons. The second kappa shape index (κ2) is 6.59. The summed E-state index contributed by atoms with van der Waals surface area (Å²) in [6.45, 7) is 1.82. The van der Waals surface area contributed by atoms with Gasteiger partial charge in [-0.25, -0.2) is 5.84 Å². The van der Waals surface area contributed by atoms with Gasteiger partial charge in [-0.05, 0) is 26.1 Å². The second-order valence-electron chi connectivity index (χ2n) is 5.06. The molecular formula is C15H22N6O. The Hall–Kier alpha value is -2.38. The van der Waals surface area contributed by atoms with Crippen LogP contribution in [-0.2, 0) is 4.79 Å². The summed E-state index contributed by atoms with van der Waals surface area (Å²) in [6.07, 6.45) is 3.17. The highest BCUT2D eigenvalue weighted by Crippen LogP contribution is 2.38. The van der Waals surface area contributed by atoms with Crippen LogP contribution in [0.2, 0.25) is 0 Å². The normalized spacial score (nSPS) is 24.7. The molecule has 2 unspecified atom stereocenters. The van der Waals surface area contributed by atoms with E-state index in [1.807, 2.05) is 36.1 Å². The highest BCUT2D eigenvalue weighted by atomic mass is 16.1. The van der Waals surface area contributed by atoms with Gasteiger partial charge in [-0.1, -0.05) is 12.1 Å². The first-order valence-corrected chi connectivity index (χ1v) is 7.07. The summed E-state index contributed by atoms with van der Waals surface area (Å²) in [6, 6.07) is 7.31. The molecule has 6 N–H and O–H groups in total. The van der Waals surface area contributed by atoms with Gasteiger partial charge in [0.05, 0.1) is 29.5 Å². The number of carbonyl (C=O) groups is 1. The number of anilines is 2. The predicted molar refractivity (Wildman–Crippen MR) is 89.3 cm³/mol. The Labute approximate surface area is 130 Å². The zero-order valence-corrected chi connectivity index (χ0v) is 12.8. The van der Waals surface area contributed by atoms with E-state index in [1.165, 1.54) is 7.05 Å². The van der Waals surface area contributed by atoms with Crippen LogP contribution in [0.3, 0.4) is 0 Å². The average Bonchev–Trinajstić information content (AvgIpc) is 2.91. The number of nitrogens with zero attached hydrogens (tertiary/aromatic N) is 3. The van der Waals surface area contributed by atoms with Crippen molar-refractivity contribution in [1.29, 1.82) is 0 Å². The molecule has 0 amide bonds. The number of aldehydes is 1. The van der Waals surface area contributed by atoms with Crippen molar-refractivity contribution in [2.75, 3.05) is 17.0 Å². The quantitative estimate of drug-likeness (QED) is 0.508. The molecule has 3 rings (SSSR count). The summed E-state index contributed by atoms with van der Waals surface area (Å²) >= 11 is 0. The van der Waals surface area contributed by atoms with Gasteiger partial charge in [0.15, 0.2) is 0 Å². The van der Waals surface area contributed by atoms with E-state index in [4.69, 9.17) is 11.6 Å². The highest BCUT2D eigenvalue weighted by Gasteiger charge is 2.37. The van der Waals surface area contributed by atoms with Crippen LogP contribution in [0.5, 0.6) is 0 Å². The largest absolute Gasteiger partial charge is 0.401 e. The fourth-order valence-electron chi connectivity index (χ4n) is 2.76. The number of carbonyl (C=O) groups excluding carboxylic acids is 1. The summed E-state index contributed by atoms with van der Waals surface area (Å²) in [7, 11) is 1.50. The highest BCUT2D eigenvalue weighted by molar-refractivity contribution is 5.92. The molecule has 7 nitrogen and oxygen atoms in total. The first-order valence-electron chi connectivity index (χ1n) is 7.07. The van der Waals surface area contributed by atoms with E-state index in [-0.39, 0.29) is 12.1 Å². The Bertz CT molecular complexity index is 608. The minimum atomic E-state index is -0.385. The molecule has 22 heavy (non-hydrogen) atoms. The zero-order valence-electron chi connectivity index (χ0n) is 12.8. The molecule has 2 heterocycles. The summed E-state index contributed by atoms with van der Waals surface area (Å²) in [5, 5.41) is 1.61. The van der Waals surface area contributed by atoms with Crippen LogP contribution >= 0.6 is 0 Å². The number of fused-ring (bicyclic) bond motifs is 3.